The summed E-state index contributed by atoms with van der Waals surface area (Å²) in [6.07, 6.45) is 0.694. The maximum Gasteiger partial charge on any atom is 0.307 e. The maximum atomic E-state index is 11.5. The van der Waals surface area contributed by atoms with Gasteiger partial charge in [0.05, 0.1) is 6.42 Å². The fraction of sp³-hybridized carbons (Fsp3) is 0.833. The van der Waals surface area contributed by atoms with Gasteiger partial charge in [0.25, 0.3) is 0 Å². The molecule has 0 aliphatic rings. The monoisotopic (exact) mass is 229 g/mol. The Morgan fingerprint density at radius 3 is 2.06 bits per heavy atom. The van der Waals surface area contributed by atoms with Gasteiger partial charge in [0.1, 0.15) is 5.60 Å². The molecular weight excluding hydrogens is 206 g/mol. The van der Waals surface area contributed by atoms with E-state index in [2.05, 4.69) is 0 Å². The number of carbonyl (C=O) groups is 2. The lowest BCUT2D eigenvalue weighted by Gasteiger charge is -2.21. The first-order valence-corrected chi connectivity index (χ1v) is 5.63. The molecule has 0 aromatic carbocycles. The van der Waals surface area contributed by atoms with Crippen molar-refractivity contribution >= 4 is 11.9 Å². The average molecular weight is 229 g/mol. The summed E-state index contributed by atoms with van der Waals surface area (Å²) in [4.78, 5) is 22.7. The van der Waals surface area contributed by atoms with Crippen LogP contribution in [-0.4, -0.2) is 17.5 Å². The molecule has 0 heterocycles. The Bertz CT molecular complexity index is 253. The summed E-state index contributed by atoms with van der Waals surface area (Å²) in [5, 5.41) is 0. The van der Waals surface area contributed by atoms with Crippen LogP contribution in [0.4, 0.5) is 0 Å². The van der Waals surface area contributed by atoms with Gasteiger partial charge in [-0.2, -0.15) is 0 Å². The Kier molecular flexibility index (Phi) is 5.48. The second-order valence-corrected chi connectivity index (χ2v) is 5.52. The van der Waals surface area contributed by atoms with Crippen molar-refractivity contribution < 1.29 is 14.3 Å². The van der Waals surface area contributed by atoms with Crippen LogP contribution in [0.3, 0.4) is 0 Å². The molecule has 0 spiro atoms. The molecule has 4 nitrogen and oxygen atoms in total. The van der Waals surface area contributed by atoms with Gasteiger partial charge in [-0.1, -0.05) is 13.8 Å². The number of nitrogens with two attached hydrogens (primary N) is 1. The lowest BCUT2D eigenvalue weighted by molar-refractivity contribution is -0.157. The Labute approximate surface area is 97.5 Å². The van der Waals surface area contributed by atoms with Gasteiger partial charge < -0.3 is 10.5 Å². The summed E-state index contributed by atoms with van der Waals surface area (Å²) in [6, 6.07) is 0. The zero-order valence-electron chi connectivity index (χ0n) is 10.9. The Morgan fingerprint density at radius 2 is 1.75 bits per heavy atom. The number of rotatable bonds is 5. The van der Waals surface area contributed by atoms with Crippen LogP contribution in [0.15, 0.2) is 0 Å². The molecule has 0 aromatic heterocycles. The molecule has 4 heteroatoms. The van der Waals surface area contributed by atoms with E-state index in [1.54, 1.807) is 20.8 Å². The molecule has 1 amide bonds. The molecule has 0 unspecified atom stereocenters. The molecule has 0 aromatic rings. The Balaban J connectivity index is 4.30. The number of hydrogen-bond acceptors (Lipinski definition) is 3. The smallest absolute Gasteiger partial charge is 0.307 e. The number of esters is 1. The van der Waals surface area contributed by atoms with Gasteiger partial charge in [-0.25, -0.2) is 0 Å². The number of primary amides is 1. The predicted molar refractivity (Wildman–Crippen MR) is 62.6 cm³/mol. The Morgan fingerprint density at radius 1 is 1.25 bits per heavy atom. The molecule has 0 aliphatic carbocycles. The highest BCUT2D eigenvalue weighted by Gasteiger charge is 2.24. The van der Waals surface area contributed by atoms with Gasteiger partial charge in [0.15, 0.2) is 0 Å². The SMILES string of the molecule is CC(C)C[C@H](CC(=O)OC(C)(C)C)C(N)=O. The predicted octanol–water partition coefficient (Wildman–Crippen LogP) is 1.87. The quantitative estimate of drug-likeness (QED) is 0.732. The molecule has 0 fully saturated rings. The minimum absolute atomic E-state index is 0.0742. The maximum absolute atomic E-state index is 11.5. The van der Waals surface area contributed by atoms with E-state index in [-0.39, 0.29) is 12.4 Å². The molecule has 0 rings (SSSR count). The number of ether oxygens (including phenoxy) is 1. The minimum atomic E-state index is -0.517. The highest BCUT2D eigenvalue weighted by atomic mass is 16.6. The fourth-order valence-electron chi connectivity index (χ4n) is 1.45. The molecule has 94 valence electrons. The second-order valence-electron chi connectivity index (χ2n) is 5.52. The van der Waals surface area contributed by atoms with Crippen LogP contribution in [0, 0.1) is 11.8 Å². The molecule has 0 saturated carbocycles. The van der Waals surface area contributed by atoms with E-state index in [9.17, 15) is 9.59 Å². The van der Waals surface area contributed by atoms with Gasteiger partial charge in [-0.05, 0) is 33.1 Å². The number of carbonyl (C=O) groups excluding carboxylic acids is 2. The normalized spacial score (nSPS) is 13.6. The van der Waals surface area contributed by atoms with Gasteiger partial charge in [0.2, 0.25) is 5.91 Å². The van der Waals surface area contributed by atoms with Gasteiger partial charge in [0, 0.05) is 5.92 Å². The van der Waals surface area contributed by atoms with E-state index in [1.807, 2.05) is 13.8 Å². The molecule has 0 saturated heterocycles. The summed E-state index contributed by atoms with van der Waals surface area (Å²) in [7, 11) is 0. The summed E-state index contributed by atoms with van der Waals surface area (Å²) in [5.74, 6) is -0.883. The third kappa shape index (κ3) is 7.26. The summed E-state index contributed by atoms with van der Waals surface area (Å²) < 4.78 is 5.15. The van der Waals surface area contributed by atoms with Crippen molar-refractivity contribution in [2.24, 2.45) is 17.6 Å². The van der Waals surface area contributed by atoms with Crippen LogP contribution in [0.25, 0.3) is 0 Å². The third-order valence-electron chi connectivity index (χ3n) is 1.99. The fourth-order valence-corrected chi connectivity index (χ4v) is 1.45. The van der Waals surface area contributed by atoms with E-state index < -0.39 is 17.4 Å². The van der Waals surface area contributed by atoms with Crippen molar-refractivity contribution in [3.05, 3.63) is 0 Å². The van der Waals surface area contributed by atoms with E-state index in [1.165, 1.54) is 0 Å². The Hall–Kier alpha value is -1.06. The summed E-state index contributed by atoms with van der Waals surface area (Å²) in [6.45, 7) is 9.38. The van der Waals surface area contributed by atoms with E-state index >= 15 is 0 Å². The topological polar surface area (TPSA) is 69.4 Å². The summed E-state index contributed by atoms with van der Waals surface area (Å²) in [5.41, 5.74) is 4.73. The van der Waals surface area contributed by atoms with Crippen LogP contribution in [0.1, 0.15) is 47.5 Å². The van der Waals surface area contributed by atoms with Crippen molar-refractivity contribution in [3.63, 3.8) is 0 Å². The summed E-state index contributed by atoms with van der Waals surface area (Å²) >= 11 is 0. The molecule has 0 aliphatic heterocycles. The third-order valence-corrected chi connectivity index (χ3v) is 1.99. The highest BCUT2D eigenvalue weighted by Crippen LogP contribution is 2.18. The first-order valence-electron chi connectivity index (χ1n) is 5.63. The molecule has 0 radical (unpaired) electrons. The molecule has 16 heavy (non-hydrogen) atoms. The standard InChI is InChI=1S/C12H23NO3/c1-8(2)6-9(11(13)15)7-10(14)16-12(3,4)5/h8-9H,6-7H2,1-5H3,(H2,13,15)/t9-/m1/s1. The van der Waals surface area contributed by atoms with Crippen LogP contribution in [-0.2, 0) is 14.3 Å². The van der Waals surface area contributed by atoms with Crippen molar-refractivity contribution in [1.82, 2.24) is 0 Å². The van der Waals surface area contributed by atoms with Crippen LogP contribution in [0.2, 0.25) is 0 Å². The van der Waals surface area contributed by atoms with Crippen molar-refractivity contribution in [3.8, 4) is 0 Å². The number of amides is 1. The lowest BCUT2D eigenvalue weighted by Crippen LogP contribution is -2.30. The van der Waals surface area contributed by atoms with E-state index in [0.29, 0.717) is 12.3 Å². The van der Waals surface area contributed by atoms with E-state index in [0.717, 1.165) is 0 Å². The largest absolute Gasteiger partial charge is 0.460 e. The van der Waals surface area contributed by atoms with E-state index in [4.69, 9.17) is 10.5 Å². The van der Waals surface area contributed by atoms with Crippen LogP contribution >= 0.6 is 0 Å². The van der Waals surface area contributed by atoms with Crippen LogP contribution < -0.4 is 5.73 Å². The minimum Gasteiger partial charge on any atom is -0.460 e. The van der Waals surface area contributed by atoms with Gasteiger partial charge >= 0.3 is 5.97 Å². The van der Waals surface area contributed by atoms with Crippen LogP contribution in [0.5, 0.6) is 0 Å². The van der Waals surface area contributed by atoms with Crippen molar-refractivity contribution in [2.45, 2.75) is 53.1 Å². The molecule has 2 N–H and O–H groups in total. The zero-order chi connectivity index (χ0) is 12.9. The first kappa shape index (κ1) is 14.9. The molecule has 1 atom stereocenters. The highest BCUT2D eigenvalue weighted by molar-refractivity contribution is 5.82. The molecule has 0 bridgehead atoms. The average Bonchev–Trinajstić information content (AvgIpc) is 1.97. The second kappa shape index (κ2) is 5.87. The van der Waals surface area contributed by atoms with Crippen molar-refractivity contribution in [2.75, 3.05) is 0 Å². The molecular formula is C12H23NO3. The van der Waals surface area contributed by atoms with Gasteiger partial charge in [-0.15, -0.1) is 0 Å². The van der Waals surface area contributed by atoms with Gasteiger partial charge in [-0.3, -0.25) is 9.59 Å². The first-order chi connectivity index (χ1) is 7.11. The number of hydrogen-bond donors (Lipinski definition) is 1. The zero-order valence-corrected chi connectivity index (χ0v) is 10.9. The lowest BCUT2D eigenvalue weighted by atomic mass is 9.93. The van der Waals surface area contributed by atoms with Crippen molar-refractivity contribution in [1.29, 1.82) is 0 Å².